The minimum absolute atomic E-state index is 0.711. The van der Waals surface area contributed by atoms with Crippen LogP contribution in [0.5, 0.6) is 0 Å². The molecule has 0 atom stereocenters. The smallest absolute Gasteiger partial charge is 0.137 e. The standard InChI is InChI=1S/C51H34N2O/c1-3-18-39(19-4-1)52(41-28-26-34-14-7-8-16-36(34)31-41)42-32-38(49-48(33-42)54-47-29-27-35-15-9-10-22-43(35)50(47)49)30-37-17-13-24-45-44-23-11-12-25-46(44)53(51(37)45)40-20-5-2-6-21-40/h1-29,31-33H,30H2. The van der Waals surface area contributed by atoms with E-state index >= 15 is 0 Å². The third-order valence-corrected chi connectivity index (χ3v) is 11.0. The Hall–Kier alpha value is -7.10. The normalized spacial score (nSPS) is 11.8. The van der Waals surface area contributed by atoms with E-state index in [-0.39, 0.29) is 0 Å². The molecule has 3 nitrogen and oxygen atoms in total. The zero-order valence-corrected chi connectivity index (χ0v) is 29.5. The molecular formula is C51H34N2O. The number of hydrogen-bond donors (Lipinski definition) is 0. The first-order valence-electron chi connectivity index (χ1n) is 18.6. The molecule has 0 spiro atoms. The van der Waals surface area contributed by atoms with Crippen LogP contribution in [0.25, 0.3) is 71.0 Å². The molecule has 2 aromatic heterocycles. The molecule has 0 radical (unpaired) electrons. The summed E-state index contributed by atoms with van der Waals surface area (Å²) in [6, 6.07) is 69.9. The maximum absolute atomic E-state index is 6.87. The van der Waals surface area contributed by atoms with Gasteiger partial charge in [0.2, 0.25) is 0 Å². The Morgan fingerprint density at radius 1 is 0.407 bits per heavy atom. The van der Waals surface area contributed by atoms with Gasteiger partial charge in [-0.25, -0.2) is 0 Å². The second-order valence-corrected chi connectivity index (χ2v) is 14.1. The Morgan fingerprint density at radius 2 is 1.09 bits per heavy atom. The Morgan fingerprint density at radius 3 is 1.94 bits per heavy atom. The van der Waals surface area contributed by atoms with Crippen molar-refractivity contribution in [1.29, 1.82) is 0 Å². The van der Waals surface area contributed by atoms with Gasteiger partial charge in [0.05, 0.1) is 16.7 Å². The van der Waals surface area contributed by atoms with E-state index in [0.29, 0.717) is 6.42 Å². The topological polar surface area (TPSA) is 21.3 Å². The fraction of sp³-hybridized carbons (Fsp3) is 0.0196. The fourth-order valence-corrected chi connectivity index (χ4v) is 8.63. The van der Waals surface area contributed by atoms with Crippen LogP contribution < -0.4 is 4.90 Å². The molecular weight excluding hydrogens is 657 g/mol. The first-order valence-corrected chi connectivity index (χ1v) is 18.6. The summed E-state index contributed by atoms with van der Waals surface area (Å²) in [7, 11) is 0. The summed E-state index contributed by atoms with van der Waals surface area (Å²) in [6.07, 6.45) is 0.711. The summed E-state index contributed by atoms with van der Waals surface area (Å²) in [5, 5.41) is 9.66. The molecule has 3 heteroatoms. The second kappa shape index (κ2) is 12.3. The predicted octanol–water partition coefficient (Wildman–Crippen LogP) is 14.1. The highest BCUT2D eigenvalue weighted by Crippen LogP contribution is 2.44. The minimum atomic E-state index is 0.711. The van der Waals surface area contributed by atoms with Crippen LogP contribution in [-0.4, -0.2) is 4.57 Å². The number of para-hydroxylation sites is 4. The van der Waals surface area contributed by atoms with Crippen molar-refractivity contribution in [3.63, 3.8) is 0 Å². The van der Waals surface area contributed by atoms with E-state index in [1.807, 2.05) is 0 Å². The van der Waals surface area contributed by atoms with Crippen molar-refractivity contribution in [3.05, 3.63) is 205 Å². The maximum Gasteiger partial charge on any atom is 0.137 e. The molecule has 9 aromatic carbocycles. The lowest BCUT2D eigenvalue weighted by atomic mass is 9.95. The number of fused-ring (bicyclic) bond motifs is 9. The van der Waals surface area contributed by atoms with Gasteiger partial charge >= 0.3 is 0 Å². The average Bonchev–Trinajstić information content (AvgIpc) is 3.79. The van der Waals surface area contributed by atoms with Crippen molar-refractivity contribution < 1.29 is 4.42 Å². The SMILES string of the molecule is c1ccc(N(c2ccc3ccccc3c2)c2cc(Cc3cccc4c5ccccc5n(-c5ccccc5)c34)c3c(c2)oc2ccc4ccccc4c23)cc1. The van der Waals surface area contributed by atoms with E-state index < -0.39 is 0 Å². The van der Waals surface area contributed by atoms with Crippen LogP contribution in [0, 0.1) is 0 Å². The van der Waals surface area contributed by atoms with E-state index in [1.165, 1.54) is 54.5 Å². The second-order valence-electron chi connectivity index (χ2n) is 14.1. The third-order valence-electron chi connectivity index (χ3n) is 11.0. The first-order chi connectivity index (χ1) is 26.8. The van der Waals surface area contributed by atoms with Gasteiger partial charge < -0.3 is 13.9 Å². The van der Waals surface area contributed by atoms with Crippen molar-refractivity contribution in [2.24, 2.45) is 0 Å². The molecule has 254 valence electrons. The minimum Gasteiger partial charge on any atom is -0.456 e. The molecule has 0 saturated carbocycles. The van der Waals surface area contributed by atoms with Crippen molar-refractivity contribution in [2.45, 2.75) is 6.42 Å². The third kappa shape index (κ3) is 4.83. The Labute approximate surface area is 312 Å². The van der Waals surface area contributed by atoms with E-state index in [4.69, 9.17) is 4.42 Å². The van der Waals surface area contributed by atoms with Gasteiger partial charge in [0.25, 0.3) is 0 Å². The average molecular weight is 691 g/mol. The number of benzene rings is 9. The van der Waals surface area contributed by atoms with Gasteiger partial charge in [-0.1, -0.05) is 133 Å². The number of furan rings is 1. The molecule has 0 aliphatic carbocycles. The molecule has 11 aromatic rings. The molecule has 54 heavy (non-hydrogen) atoms. The molecule has 0 saturated heterocycles. The quantitative estimate of drug-likeness (QED) is 0.173. The first kappa shape index (κ1) is 30.5. The zero-order valence-electron chi connectivity index (χ0n) is 29.5. The van der Waals surface area contributed by atoms with Gasteiger partial charge in [0.1, 0.15) is 11.2 Å². The molecule has 0 bridgehead atoms. The fourth-order valence-electron chi connectivity index (χ4n) is 8.63. The highest BCUT2D eigenvalue weighted by Gasteiger charge is 2.22. The van der Waals surface area contributed by atoms with Crippen LogP contribution in [0.3, 0.4) is 0 Å². The van der Waals surface area contributed by atoms with Gasteiger partial charge in [-0.15, -0.1) is 0 Å². The molecule has 0 N–H and O–H groups in total. The van der Waals surface area contributed by atoms with Gasteiger partial charge in [-0.3, -0.25) is 0 Å². The largest absolute Gasteiger partial charge is 0.456 e. The van der Waals surface area contributed by atoms with Crippen LogP contribution >= 0.6 is 0 Å². The molecule has 0 fully saturated rings. The van der Waals surface area contributed by atoms with Gasteiger partial charge in [0, 0.05) is 51.1 Å². The predicted molar refractivity (Wildman–Crippen MR) is 227 cm³/mol. The number of aromatic nitrogens is 1. The highest BCUT2D eigenvalue weighted by molar-refractivity contribution is 6.20. The van der Waals surface area contributed by atoms with Gasteiger partial charge in [0.15, 0.2) is 0 Å². The lowest BCUT2D eigenvalue weighted by Crippen LogP contribution is -2.10. The van der Waals surface area contributed by atoms with Crippen molar-refractivity contribution in [3.8, 4) is 5.69 Å². The molecule has 2 heterocycles. The zero-order chi connectivity index (χ0) is 35.6. The van der Waals surface area contributed by atoms with Crippen LogP contribution in [0.2, 0.25) is 0 Å². The summed E-state index contributed by atoms with van der Waals surface area (Å²) in [6.45, 7) is 0. The summed E-state index contributed by atoms with van der Waals surface area (Å²) in [4.78, 5) is 2.36. The number of nitrogens with zero attached hydrogens (tertiary/aromatic N) is 2. The van der Waals surface area contributed by atoms with Gasteiger partial charge in [-0.05, 0) is 87.3 Å². The van der Waals surface area contributed by atoms with Crippen molar-refractivity contribution in [1.82, 2.24) is 4.57 Å². The van der Waals surface area contributed by atoms with E-state index in [1.54, 1.807) is 0 Å². The van der Waals surface area contributed by atoms with E-state index in [0.717, 1.165) is 44.7 Å². The highest BCUT2D eigenvalue weighted by atomic mass is 16.3. The Balaban J connectivity index is 1.21. The van der Waals surface area contributed by atoms with Gasteiger partial charge in [-0.2, -0.15) is 0 Å². The summed E-state index contributed by atoms with van der Waals surface area (Å²) >= 11 is 0. The van der Waals surface area contributed by atoms with Crippen LogP contribution in [0.15, 0.2) is 199 Å². The monoisotopic (exact) mass is 690 g/mol. The molecule has 0 amide bonds. The molecule has 11 rings (SSSR count). The Bertz CT molecular complexity index is 3190. The lowest BCUT2D eigenvalue weighted by molar-refractivity contribution is 0.669. The van der Waals surface area contributed by atoms with E-state index in [2.05, 4.69) is 204 Å². The summed E-state index contributed by atoms with van der Waals surface area (Å²) in [5.41, 5.74) is 11.1. The summed E-state index contributed by atoms with van der Waals surface area (Å²) in [5.74, 6) is 0. The van der Waals surface area contributed by atoms with Crippen LogP contribution in [-0.2, 0) is 6.42 Å². The molecule has 0 aliphatic heterocycles. The summed E-state index contributed by atoms with van der Waals surface area (Å²) < 4.78 is 9.31. The van der Waals surface area contributed by atoms with Crippen LogP contribution in [0.1, 0.15) is 11.1 Å². The van der Waals surface area contributed by atoms with Crippen LogP contribution in [0.4, 0.5) is 17.1 Å². The van der Waals surface area contributed by atoms with Crippen molar-refractivity contribution in [2.75, 3.05) is 4.90 Å². The van der Waals surface area contributed by atoms with Crippen molar-refractivity contribution >= 4 is 82.4 Å². The maximum atomic E-state index is 6.87. The van der Waals surface area contributed by atoms with E-state index in [9.17, 15) is 0 Å². The molecule has 0 aliphatic rings. The number of anilines is 3. The number of hydrogen-bond acceptors (Lipinski definition) is 2. The molecule has 0 unspecified atom stereocenters. The lowest BCUT2D eigenvalue weighted by Gasteiger charge is -2.26. The number of rotatable bonds is 6. The Kier molecular flexibility index (Phi) is 6.93.